The van der Waals surface area contributed by atoms with Crippen LogP contribution in [0.2, 0.25) is 0 Å². The van der Waals surface area contributed by atoms with Gasteiger partial charge in [-0.3, -0.25) is 14.4 Å². The third-order valence-electron chi connectivity index (χ3n) is 9.67. The minimum atomic E-state index is -0.910. The van der Waals surface area contributed by atoms with E-state index in [1.165, 1.54) is 44.9 Å². The molecule has 0 N–H and O–H groups in total. The van der Waals surface area contributed by atoms with Gasteiger partial charge in [0.2, 0.25) is 0 Å². The Morgan fingerprint density at radius 2 is 0.887 bits per heavy atom. The van der Waals surface area contributed by atoms with Crippen LogP contribution in [-0.2, 0) is 38.1 Å². The summed E-state index contributed by atoms with van der Waals surface area (Å²) in [4.78, 5) is 52.8. The standard InChI is InChI=1S/C43H81NO9/c1-6-11-14-17-18-19-20-21-24-25-29-38(53-43(48)49-35-28-34-44(9-4)10-5)32-33-42(47)52-39(36-50-40(45)30-26-22-15-12-7-2)37-51-41(46)31-27-23-16-13-8-3/h38-39H,6-37H2,1-5H3. The molecular weight excluding hydrogens is 674 g/mol. The van der Waals surface area contributed by atoms with E-state index in [2.05, 4.69) is 39.5 Å². The third-order valence-corrected chi connectivity index (χ3v) is 9.67. The van der Waals surface area contributed by atoms with E-state index in [0.29, 0.717) is 19.3 Å². The lowest BCUT2D eigenvalue weighted by Crippen LogP contribution is -2.31. The second-order valence-corrected chi connectivity index (χ2v) is 14.5. The Bertz CT molecular complexity index is 850. The lowest BCUT2D eigenvalue weighted by atomic mass is 10.0. The largest absolute Gasteiger partial charge is 0.508 e. The van der Waals surface area contributed by atoms with E-state index in [-0.39, 0.29) is 44.6 Å². The van der Waals surface area contributed by atoms with Gasteiger partial charge in [-0.05, 0) is 51.6 Å². The molecule has 0 heterocycles. The number of hydrogen-bond acceptors (Lipinski definition) is 10. The molecule has 0 bridgehead atoms. The topological polar surface area (TPSA) is 118 Å². The number of rotatable bonds is 38. The van der Waals surface area contributed by atoms with Crippen LogP contribution in [0.25, 0.3) is 0 Å². The predicted octanol–water partition coefficient (Wildman–Crippen LogP) is 11.1. The summed E-state index contributed by atoms with van der Waals surface area (Å²) in [6, 6.07) is 0. The molecule has 1 unspecified atom stereocenters. The van der Waals surface area contributed by atoms with Crippen LogP contribution >= 0.6 is 0 Å². The van der Waals surface area contributed by atoms with E-state index in [1.54, 1.807) is 0 Å². The van der Waals surface area contributed by atoms with Crippen molar-refractivity contribution in [1.82, 2.24) is 4.90 Å². The minimum absolute atomic E-state index is 0.00488. The lowest BCUT2D eigenvalue weighted by Gasteiger charge is -2.20. The van der Waals surface area contributed by atoms with E-state index >= 15 is 0 Å². The van der Waals surface area contributed by atoms with Crippen LogP contribution in [0.5, 0.6) is 0 Å². The highest BCUT2D eigenvalue weighted by Crippen LogP contribution is 2.17. The number of ether oxygens (including phenoxy) is 5. The van der Waals surface area contributed by atoms with Crippen LogP contribution < -0.4 is 0 Å². The summed E-state index contributed by atoms with van der Waals surface area (Å²) in [5.41, 5.74) is 0. The fourth-order valence-corrected chi connectivity index (χ4v) is 6.18. The average molecular weight is 756 g/mol. The van der Waals surface area contributed by atoms with Crippen molar-refractivity contribution in [1.29, 1.82) is 0 Å². The lowest BCUT2D eigenvalue weighted by molar-refractivity contribution is -0.167. The molecule has 0 aliphatic carbocycles. The summed E-state index contributed by atoms with van der Waals surface area (Å²) in [6.07, 6.45) is 22.2. The zero-order valence-corrected chi connectivity index (χ0v) is 34.9. The van der Waals surface area contributed by atoms with Gasteiger partial charge >= 0.3 is 24.1 Å². The Morgan fingerprint density at radius 3 is 1.36 bits per heavy atom. The Labute approximate surface area is 324 Å². The highest BCUT2D eigenvalue weighted by molar-refractivity contribution is 5.71. The number of nitrogens with zero attached hydrogens (tertiary/aromatic N) is 1. The van der Waals surface area contributed by atoms with Gasteiger partial charge in [0.05, 0.1) is 6.61 Å². The fraction of sp³-hybridized carbons (Fsp3) is 0.907. The Morgan fingerprint density at radius 1 is 0.434 bits per heavy atom. The van der Waals surface area contributed by atoms with Crippen molar-refractivity contribution in [3.05, 3.63) is 0 Å². The van der Waals surface area contributed by atoms with Crippen LogP contribution in [0, 0.1) is 0 Å². The molecule has 0 radical (unpaired) electrons. The molecule has 53 heavy (non-hydrogen) atoms. The zero-order valence-electron chi connectivity index (χ0n) is 34.9. The smallest absolute Gasteiger partial charge is 0.462 e. The summed E-state index contributed by atoms with van der Waals surface area (Å²) in [7, 11) is 0. The summed E-state index contributed by atoms with van der Waals surface area (Å²) in [6.45, 7) is 13.4. The maximum atomic E-state index is 13.1. The van der Waals surface area contributed by atoms with Crippen molar-refractivity contribution in [3.63, 3.8) is 0 Å². The normalized spacial score (nSPS) is 11.8. The number of carbonyl (C=O) groups is 4. The summed E-state index contributed by atoms with van der Waals surface area (Å²) in [5, 5.41) is 0. The Hall–Kier alpha value is -2.36. The first-order valence-corrected chi connectivity index (χ1v) is 21.9. The van der Waals surface area contributed by atoms with Crippen LogP contribution in [0.15, 0.2) is 0 Å². The molecule has 0 fully saturated rings. The molecule has 0 aromatic rings. The second-order valence-electron chi connectivity index (χ2n) is 14.5. The fourth-order valence-electron chi connectivity index (χ4n) is 6.18. The molecule has 0 aromatic heterocycles. The van der Waals surface area contributed by atoms with Crippen molar-refractivity contribution < 1.29 is 42.9 Å². The van der Waals surface area contributed by atoms with Gasteiger partial charge in [-0.25, -0.2) is 4.79 Å². The minimum Gasteiger partial charge on any atom is -0.462 e. The monoisotopic (exact) mass is 756 g/mol. The van der Waals surface area contributed by atoms with Crippen molar-refractivity contribution >= 4 is 24.1 Å². The molecule has 312 valence electrons. The molecule has 0 rings (SSSR count). The van der Waals surface area contributed by atoms with Crippen LogP contribution in [0.4, 0.5) is 4.79 Å². The molecule has 10 heteroatoms. The maximum absolute atomic E-state index is 13.1. The van der Waals surface area contributed by atoms with E-state index in [4.69, 9.17) is 23.7 Å². The average Bonchev–Trinajstić information content (AvgIpc) is 3.15. The Balaban J connectivity index is 5.10. The van der Waals surface area contributed by atoms with Crippen molar-refractivity contribution in [3.8, 4) is 0 Å². The third kappa shape index (κ3) is 33.9. The number of esters is 3. The first-order chi connectivity index (χ1) is 25.8. The second kappa shape index (κ2) is 37.9. The molecule has 0 aliphatic heterocycles. The van der Waals surface area contributed by atoms with Gasteiger partial charge in [0.1, 0.15) is 19.3 Å². The van der Waals surface area contributed by atoms with Crippen LogP contribution in [0.3, 0.4) is 0 Å². The van der Waals surface area contributed by atoms with Gasteiger partial charge in [-0.1, -0.05) is 144 Å². The van der Waals surface area contributed by atoms with Crippen LogP contribution in [-0.4, -0.2) is 80.6 Å². The zero-order chi connectivity index (χ0) is 39.2. The van der Waals surface area contributed by atoms with Crippen molar-refractivity contribution in [2.75, 3.05) is 39.5 Å². The van der Waals surface area contributed by atoms with Gasteiger partial charge < -0.3 is 28.6 Å². The van der Waals surface area contributed by atoms with Gasteiger partial charge in [-0.15, -0.1) is 0 Å². The molecule has 0 saturated carbocycles. The molecule has 0 aliphatic rings. The molecule has 10 nitrogen and oxygen atoms in total. The molecule has 0 aromatic carbocycles. The SMILES string of the molecule is CCCCCCCCCCCCC(CCC(=O)OC(COC(=O)CCCCCCC)COC(=O)CCCCCCC)OC(=O)OCCCN(CC)CC. The van der Waals surface area contributed by atoms with Crippen molar-refractivity contribution in [2.45, 2.75) is 214 Å². The number of hydrogen-bond donors (Lipinski definition) is 0. The van der Waals surface area contributed by atoms with E-state index < -0.39 is 24.3 Å². The number of carbonyl (C=O) groups excluding carboxylic acids is 4. The van der Waals surface area contributed by atoms with E-state index in [9.17, 15) is 19.2 Å². The quantitative estimate of drug-likeness (QED) is 0.0342. The van der Waals surface area contributed by atoms with Gasteiger partial charge in [0.25, 0.3) is 0 Å². The summed E-state index contributed by atoms with van der Waals surface area (Å²) >= 11 is 0. The van der Waals surface area contributed by atoms with Gasteiger partial charge in [-0.2, -0.15) is 0 Å². The highest BCUT2D eigenvalue weighted by atomic mass is 16.7. The molecule has 0 amide bonds. The van der Waals surface area contributed by atoms with E-state index in [0.717, 1.165) is 110 Å². The predicted molar refractivity (Wildman–Crippen MR) is 213 cm³/mol. The van der Waals surface area contributed by atoms with Crippen LogP contribution in [0.1, 0.15) is 202 Å². The first-order valence-electron chi connectivity index (χ1n) is 21.9. The number of unbranched alkanes of at least 4 members (excludes halogenated alkanes) is 17. The molecule has 0 spiro atoms. The molecular formula is C43H81NO9. The highest BCUT2D eigenvalue weighted by Gasteiger charge is 2.22. The summed E-state index contributed by atoms with van der Waals surface area (Å²) < 4.78 is 27.7. The Kier molecular flexibility index (Phi) is 36.2. The maximum Gasteiger partial charge on any atom is 0.508 e. The molecule has 0 saturated heterocycles. The van der Waals surface area contributed by atoms with Crippen molar-refractivity contribution in [2.24, 2.45) is 0 Å². The molecule has 1 atom stereocenters. The van der Waals surface area contributed by atoms with E-state index in [1.807, 2.05) is 0 Å². The summed E-state index contributed by atoms with van der Waals surface area (Å²) in [5.74, 6) is -1.23. The van der Waals surface area contributed by atoms with Gasteiger partial charge in [0.15, 0.2) is 6.10 Å². The van der Waals surface area contributed by atoms with Gasteiger partial charge in [0, 0.05) is 25.8 Å². The first kappa shape index (κ1) is 50.6.